The molecule has 1 atom stereocenters. The van der Waals surface area contributed by atoms with E-state index in [-0.39, 0.29) is 17.4 Å². The molecule has 1 aromatic rings. The van der Waals surface area contributed by atoms with Gasteiger partial charge in [-0.1, -0.05) is 32.9 Å². The van der Waals surface area contributed by atoms with Crippen molar-refractivity contribution < 1.29 is 14.3 Å². The van der Waals surface area contributed by atoms with Crippen LogP contribution >= 0.6 is 0 Å². The zero-order chi connectivity index (χ0) is 22.3. The predicted molar refractivity (Wildman–Crippen MR) is 123 cm³/mol. The summed E-state index contributed by atoms with van der Waals surface area (Å²) in [5.74, 6) is -0.00271. The zero-order valence-electron chi connectivity index (χ0n) is 19.1. The molecular weight excluding hydrogens is 394 g/mol. The van der Waals surface area contributed by atoms with Crippen molar-refractivity contribution in [3.05, 3.63) is 24.3 Å². The maximum Gasteiger partial charge on any atom is 0.319 e. The average Bonchev–Trinajstić information content (AvgIpc) is 3.28. The van der Waals surface area contributed by atoms with E-state index in [9.17, 15) is 9.59 Å². The third-order valence-electron chi connectivity index (χ3n) is 5.83. The summed E-state index contributed by atoms with van der Waals surface area (Å²) in [7, 11) is 0. The van der Waals surface area contributed by atoms with Crippen LogP contribution < -0.4 is 16.0 Å². The van der Waals surface area contributed by atoms with Crippen LogP contribution in [0.4, 0.5) is 16.2 Å². The molecule has 8 heteroatoms. The first kappa shape index (κ1) is 23.3. The Bertz CT molecular complexity index is 737. The number of para-hydroxylation sites is 2. The lowest BCUT2D eigenvalue weighted by Crippen LogP contribution is -2.55. The van der Waals surface area contributed by atoms with Gasteiger partial charge in [-0.25, -0.2) is 4.79 Å². The highest BCUT2D eigenvalue weighted by molar-refractivity contribution is 5.96. The molecule has 0 aliphatic carbocycles. The van der Waals surface area contributed by atoms with E-state index in [1.807, 2.05) is 49.9 Å². The molecular formula is C23H37N5O3. The third kappa shape index (κ3) is 6.83. The number of anilines is 2. The fourth-order valence-electron chi connectivity index (χ4n) is 3.98. The molecule has 3 amide bonds. The molecule has 8 nitrogen and oxygen atoms in total. The Morgan fingerprint density at radius 2 is 1.68 bits per heavy atom. The van der Waals surface area contributed by atoms with E-state index >= 15 is 0 Å². The van der Waals surface area contributed by atoms with E-state index in [0.717, 1.165) is 71.0 Å². The number of nitrogens with one attached hydrogen (secondary N) is 3. The topological polar surface area (TPSA) is 85.9 Å². The van der Waals surface area contributed by atoms with Gasteiger partial charge in [0, 0.05) is 39.3 Å². The second kappa shape index (κ2) is 10.8. The van der Waals surface area contributed by atoms with Crippen LogP contribution in [0.15, 0.2) is 24.3 Å². The molecule has 1 aromatic carbocycles. The number of ether oxygens (including phenoxy) is 1. The minimum absolute atomic E-state index is 0.00271. The third-order valence-corrected chi connectivity index (χ3v) is 5.83. The van der Waals surface area contributed by atoms with Crippen molar-refractivity contribution in [2.45, 2.75) is 39.7 Å². The van der Waals surface area contributed by atoms with Crippen LogP contribution in [0, 0.1) is 5.41 Å². The van der Waals surface area contributed by atoms with Gasteiger partial charge in [-0.15, -0.1) is 0 Å². The van der Waals surface area contributed by atoms with Crippen molar-refractivity contribution in [2.24, 2.45) is 5.41 Å². The highest BCUT2D eigenvalue weighted by Crippen LogP contribution is 2.24. The molecule has 0 saturated carbocycles. The van der Waals surface area contributed by atoms with Gasteiger partial charge >= 0.3 is 6.03 Å². The van der Waals surface area contributed by atoms with Crippen molar-refractivity contribution in [1.29, 1.82) is 0 Å². The molecule has 2 fully saturated rings. The number of nitrogens with zero attached hydrogens (tertiary/aromatic N) is 2. The predicted octanol–water partition coefficient (Wildman–Crippen LogP) is 2.59. The van der Waals surface area contributed by atoms with Gasteiger partial charge in [-0.3, -0.25) is 9.69 Å². The number of rotatable bonds is 7. The number of morpholine rings is 1. The Balaban J connectivity index is 1.57. The molecule has 0 spiro atoms. The Morgan fingerprint density at radius 3 is 2.32 bits per heavy atom. The molecule has 0 bridgehead atoms. The summed E-state index contributed by atoms with van der Waals surface area (Å²) >= 11 is 0. The lowest BCUT2D eigenvalue weighted by molar-refractivity contribution is -0.134. The molecule has 0 radical (unpaired) electrons. The van der Waals surface area contributed by atoms with E-state index in [1.165, 1.54) is 0 Å². The highest BCUT2D eigenvalue weighted by Gasteiger charge is 2.36. The fourth-order valence-corrected chi connectivity index (χ4v) is 3.98. The van der Waals surface area contributed by atoms with Gasteiger partial charge in [0.2, 0.25) is 5.91 Å². The molecule has 172 valence electrons. The van der Waals surface area contributed by atoms with Gasteiger partial charge < -0.3 is 25.6 Å². The number of carbonyl (C=O) groups excluding carboxylic acids is 2. The van der Waals surface area contributed by atoms with Crippen LogP contribution in [-0.2, 0) is 9.53 Å². The minimum Gasteiger partial charge on any atom is -0.382 e. The van der Waals surface area contributed by atoms with Gasteiger partial charge in [-0.2, -0.15) is 0 Å². The number of hydrogen-bond donors (Lipinski definition) is 3. The van der Waals surface area contributed by atoms with Crippen molar-refractivity contribution in [2.75, 3.05) is 63.1 Å². The van der Waals surface area contributed by atoms with Crippen molar-refractivity contribution in [3.8, 4) is 0 Å². The Hall–Kier alpha value is -2.32. The van der Waals surface area contributed by atoms with Crippen LogP contribution in [0.3, 0.4) is 0 Å². The van der Waals surface area contributed by atoms with Crippen LogP contribution in [0.1, 0.15) is 33.6 Å². The normalized spacial score (nSPS) is 18.5. The molecule has 1 unspecified atom stereocenters. The minimum atomic E-state index is -0.577. The summed E-state index contributed by atoms with van der Waals surface area (Å²) < 4.78 is 5.39. The number of hydrogen-bond acceptors (Lipinski definition) is 5. The largest absolute Gasteiger partial charge is 0.382 e. The molecule has 31 heavy (non-hydrogen) atoms. The summed E-state index contributed by atoms with van der Waals surface area (Å²) in [6.45, 7) is 12.6. The Morgan fingerprint density at radius 1 is 1.03 bits per heavy atom. The summed E-state index contributed by atoms with van der Waals surface area (Å²) in [5, 5.41) is 9.27. The van der Waals surface area contributed by atoms with Crippen molar-refractivity contribution in [3.63, 3.8) is 0 Å². The number of carbonyl (C=O) groups is 2. The van der Waals surface area contributed by atoms with Crippen LogP contribution in [-0.4, -0.2) is 80.3 Å². The average molecular weight is 432 g/mol. The van der Waals surface area contributed by atoms with E-state index < -0.39 is 6.04 Å². The number of amides is 3. The second-order valence-electron chi connectivity index (χ2n) is 9.36. The fraction of sp³-hybridized carbons (Fsp3) is 0.652. The van der Waals surface area contributed by atoms with Crippen LogP contribution in [0.2, 0.25) is 0 Å². The molecule has 2 heterocycles. The lowest BCUT2D eigenvalue weighted by atomic mass is 9.86. The molecule has 3 rings (SSSR count). The SMILES string of the molecule is CC(C)(C)C(NC(=O)Nc1ccccc1NCCN1CCOCC1)C(=O)N1CCCC1. The molecule has 2 saturated heterocycles. The van der Waals surface area contributed by atoms with Gasteiger partial charge in [0.05, 0.1) is 24.6 Å². The van der Waals surface area contributed by atoms with Crippen LogP contribution in [0.5, 0.6) is 0 Å². The number of likely N-dealkylation sites (tertiary alicyclic amines) is 1. The Kier molecular flexibility index (Phi) is 8.15. The molecule has 0 aromatic heterocycles. The van der Waals surface area contributed by atoms with E-state index in [0.29, 0.717) is 5.69 Å². The zero-order valence-corrected chi connectivity index (χ0v) is 19.1. The number of urea groups is 1. The molecule has 2 aliphatic heterocycles. The van der Waals surface area contributed by atoms with E-state index in [4.69, 9.17) is 4.74 Å². The molecule has 2 aliphatic rings. The monoisotopic (exact) mass is 431 g/mol. The standard InChI is InChI=1S/C23H37N5O3/c1-23(2,3)20(21(29)28-11-6-7-12-28)26-22(30)25-19-9-5-4-8-18(19)24-10-13-27-14-16-31-17-15-27/h4-5,8-9,20,24H,6-7,10-17H2,1-3H3,(H2,25,26,30). The van der Waals surface area contributed by atoms with Gasteiger partial charge in [0.15, 0.2) is 0 Å². The maximum atomic E-state index is 13.0. The van der Waals surface area contributed by atoms with Gasteiger partial charge in [0.1, 0.15) is 6.04 Å². The highest BCUT2D eigenvalue weighted by atomic mass is 16.5. The van der Waals surface area contributed by atoms with Crippen molar-refractivity contribution >= 4 is 23.3 Å². The first-order chi connectivity index (χ1) is 14.8. The summed E-state index contributed by atoms with van der Waals surface area (Å²) in [5.41, 5.74) is 1.18. The van der Waals surface area contributed by atoms with Gasteiger partial charge in [0.25, 0.3) is 0 Å². The summed E-state index contributed by atoms with van der Waals surface area (Å²) in [4.78, 5) is 30.0. The quantitative estimate of drug-likeness (QED) is 0.618. The smallest absolute Gasteiger partial charge is 0.319 e. The first-order valence-corrected chi connectivity index (χ1v) is 11.3. The van der Waals surface area contributed by atoms with Crippen LogP contribution in [0.25, 0.3) is 0 Å². The Labute approximate surface area is 185 Å². The first-order valence-electron chi connectivity index (χ1n) is 11.3. The van der Waals surface area contributed by atoms with E-state index in [2.05, 4.69) is 20.9 Å². The number of benzene rings is 1. The van der Waals surface area contributed by atoms with Gasteiger partial charge in [-0.05, 0) is 30.4 Å². The summed E-state index contributed by atoms with van der Waals surface area (Å²) in [6, 6.07) is 6.70. The lowest BCUT2D eigenvalue weighted by Gasteiger charge is -2.33. The maximum absolute atomic E-state index is 13.0. The van der Waals surface area contributed by atoms with Crippen molar-refractivity contribution in [1.82, 2.24) is 15.1 Å². The molecule has 3 N–H and O–H groups in total. The summed E-state index contributed by atoms with van der Waals surface area (Å²) in [6.07, 6.45) is 2.05. The van der Waals surface area contributed by atoms with E-state index in [1.54, 1.807) is 0 Å². The second-order valence-corrected chi connectivity index (χ2v) is 9.36.